The number of nitrogens with one attached hydrogen (secondary N) is 1. The molecule has 0 saturated carbocycles. The number of carbonyl (C=O) groups is 1. The molecule has 9 heteroatoms. The van der Waals surface area contributed by atoms with Crippen LogP contribution in [-0.2, 0) is 6.54 Å². The number of nitro benzene ring substituents is 1. The van der Waals surface area contributed by atoms with Crippen molar-refractivity contribution in [2.45, 2.75) is 6.54 Å². The molecule has 0 saturated heterocycles. The summed E-state index contributed by atoms with van der Waals surface area (Å²) in [5, 5.41) is 16.8. The summed E-state index contributed by atoms with van der Waals surface area (Å²) in [4.78, 5) is 22.5. The molecule has 1 aromatic heterocycles. The van der Waals surface area contributed by atoms with Crippen LogP contribution in [0.15, 0.2) is 78.0 Å². The Morgan fingerprint density at radius 3 is 2.53 bits per heavy atom. The Labute approximate surface area is 193 Å². The molecule has 0 atom stereocenters. The molecule has 1 amide bonds. The second-order valence-corrected chi connectivity index (χ2v) is 7.80. The Morgan fingerprint density at radius 2 is 1.81 bits per heavy atom. The van der Waals surface area contributed by atoms with Crippen molar-refractivity contribution in [2.75, 3.05) is 0 Å². The monoisotopic (exact) mass is 466 g/mol. The van der Waals surface area contributed by atoms with Crippen LogP contribution < -0.4 is 5.43 Å². The molecule has 1 N–H and O–H groups in total. The van der Waals surface area contributed by atoms with Crippen LogP contribution in [0, 0.1) is 10.1 Å². The summed E-state index contributed by atoms with van der Waals surface area (Å²) in [6, 6.07) is 18.7. The van der Waals surface area contributed by atoms with Crippen LogP contribution in [0.4, 0.5) is 5.69 Å². The van der Waals surface area contributed by atoms with Gasteiger partial charge >= 0.3 is 0 Å². The van der Waals surface area contributed by atoms with Crippen molar-refractivity contribution in [2.24, 2.45) is 5.10 Å². The smallest absolute Gasteiger partial charge is 0.271 e. The highest BCUT2D eigenvalue weighted by atomic mass is 35.5. The Hall–Kier alpha value is -3.68. The van der Waals surface area contributed by atoms with Gasteiger partial charge in [-0.1, -0.05) is 47.5 Å². The number of aromatic nitrogens is 1. The molecule has 1 heterocycles. The zero-order chi connectivity index (χ0) is 22.7. The second-order valence-electron chi connectivity index (χ2n) is 6.98. The molecule has 0 bridgehead atoms. The fourth-order valence-corrected chi connectivity index (χ4v) is 3.62. The van der Waals surface area contributed by atoms with Gasteiger partial charge in [-0.25, -0.2) is 5.43 Å². The number of halogens is 2. The van der Waals surface area contributed by atoms with Gasteiger partial charge in [-0.15, -0.1) is 0 Å². The summed E-state index contributed by atoms with van der Waals surface area (Å²) in [6.07, 6.45) is 3.51. The average molecular weight is 467 g/mol. The lowest BCUT2D eigenvalue weighted by atomic mass is 10.2. The topological polar surface area (TPSA) is 89.5 Å². The number of amides is 1. The van der Waals surface area contributed by atoms with Gasteiger partial charge in [0.1, 0.15) is 0 Å². The number of hydrogen-bond donors (Lipinski definition) is 1. The minimum Gasteiger partial charge on any atom is -0.342 e. The van der Waals surface area contributed by atoms with Crippen molar-refractivity contribution in [1.29, 1.82) is 0 Å². The minimum absolute atomic E-state index is 0.0835. The Morgan fingerprint density at radius 1 is 1.06 bits per heavy atom. The predicted molar refractivity (Wildman–Crippen MR) is 126 cm³/mol. The third kappa shape index (κ3) is 4.64. The molecule has 0 unspecified atom stereocenters. The van der Waals surface area contributed by atoms with E-state index in [9.17, 15) is 14.9 Å². The average Bonchev–Trinajstić information content (AvgIpc) is 3.14. The fraction of sp³-hybridized carbons (Fsp3) is 0.0435. The van der Waals surface area contributed by atoms with Gasteiger partial charge in [0, 0.05) is 46.9 Å². The van der Waals surface area contributed by atoms with Gasteiger partial charge < -0.3 is 4.57 Å². The van der Waals surface area contributed by atoms with E-state index in [0.29, 0.717) is 16.6 Å². The summed E-state index contributed by atoms with van der Waals surface area (Å²) in [6.45, 7) is 0.584. The van der Waals surface area contributed by atoms with Gasteiger partial charge in [0.25, 0.3) is 11.6 Å². The van der Waals surface area contributed by atoms with E-state index in [0.717, 1.165) is 22.0 Å². The second kappa shape index (κ2) is 9.21. The summed E-state index contributed by atoms with van der Waals surface area (Å²) in [5.41, 5.74) is 5.46. The zero-order valence-corrected chi connectivity index (χ0v) is 18.0. The quantitative estimate of drug-likeness (QED) is 0.225. The van der Waals surface area contributed by atoms with Crippen molar-refractivity contribution in [3.05, 3.63) is 110 Å². The summed E-state index contributed by atoms with van der Waals surface area (Å²) < 4.78 is 2.06. The first-order valence-corrected chi connectivity index (χ1v) is 10.3. The van der Waals surface area contributed by atoms with Crippen molar-refractivity contribution >= 4 is 51.9 Å². The Bertz CT molecular complexity index is 1350. The number of nitrogens with zero attached hydrogens (tertiary/aromatic N) is 3. The molecule has 160 valence electrons. The van der Waals surface area contributed by atoms with E-state index in [1.165, 1.54) is 24.3 Å². The third-order valence-corrected chi connectivity index (χ3v) is 5.61. The first-order valence-electron chi connectivity index (χ1n) is 9.52. The number of fused-ring (bicyclic) bond motifs is 1. The van der Waals surface area contributed by atoms with Crippen LogP contribution in [0.2, 0.25) is 10.0 Å². The van der Waals surface area contributed by atoms with Crippen LogP contribution in [0.3, 0.4) is 0 Å². The van der Waals surface area contributed by atoms with Crippen molar-refractivity contribution in [3.8, 4) is 0 Å². The third-order valence-electron chi connectivity index (χ3n) is 4.87. The number of nitro groups is 1. The molecule has 4 rings (SSSR count). The lowest BCUT2D eigenvalue weighted by Crippen LogP contribution is -2.17. The first-order chi connectivity index (χ1) is 15.4. The number of benzene rings is 3. The lowest BCUT2D eigenvalue weighted by Gasteiger charge is -2.06. The van der Waals surface area contributed by atoms with Crippen LogP contribution in [-0.4, -0.2) is 21.6 Å². The first kappa shape index (κ1) is 21.5. The normalized spacial score (nSPS) is 11.2. The van der Waals surface area contributed by atoms with Crippen LogP contribution in [0.1, 0.15) is 21.5 Å². The highest BCUT2D eigenvalue weighted by Gasteiger charge is 2.10. The van der Waals surface area contributed by atoms with E-state index < -0.39 is 10.8 Å². The highest BCUT2D eigenvalue weighted by Crippen LogP contribution is 2.25. The number of rotatable bonds is 6. The summed E-state index contributed by atoms with van der Waals surface area (Å²) in [5.74, 6) is -0.462. The Kier molecular flexibility index (Phi) is 6.20. The van der Waals surface area contributed by atoms with Gasteiger partial charge in [-0.2, -0.15) is 5.10 Å². The summed E-state index contributed by atoms with van der Waals surface area (Å²) in [7, 11) is 0. The van der Waals surface area contributed by atoms with E-state index in [-0.39, 0.29) is 11.3 Å². The number of non-ortho nitro benzene ring substituents is 1. The molecule has 3 aromatic carbocycles. The molecule has 4 aromatic rings. The summed E-state index contributed by atoms with van der Waals surface area (Å²) >= 11 is 12.2. The van der Waals surface area contributed by atoms with E-state index >= 15 is 0 Å². The van der Waals surface area contributed by atoms with E-state index in [1.807, 2.05) is 42.6 Å². The van der Waals surface area contributed by atoms with Crippen LogP contribution in [0.5, 0.6) is 0 Å². The molecule has 0 aliphatic heterocycles. The molecule has 0 aliphatic rings. The van der Waals surface area contributed by atoms with Gasteiger partial charge in [-0.05, 0) is 35.9 Å². The molecule has 7 nitrogen and oxygen atoms in total. The predicted octanol–water partition coefficient (Wildman–Crippen LogP) is 5.67. The number of para-hydroxylation sites is 1. The minimum atomic E-state index is -0.520. The van der Waals surface area contributed by atoms with Crippen molar-refractivity contribution < 1.29 is 9.72 Å². The molecular formula is C23H16Cl2N4O3. The van der Waals surface area contributed by atoms with Crippen molar-refractivity contribution in [1.82, 2.24) is 9.99 Å². The molecule has 0 spiro atoms. The van der Waals surface area contributed by atoms with E-state index in [1.54, 1.807) is 12.3 Å². The van der Waals surface area contributed by atoms with Gasteiger partial charge in [-0.3, -0.25) is 14.9 Å². The standard InChI is InChI=1S/C23H16Cl2N4O3/c24-20-10-5-15(11-21(20)25)13-28-14-17(19-3-1-2-4-22(19)28)12-26-27-23(30)16-6-8-18(9-7-16)29(31)32/h1-12,14H,13H2,(H,27,30)/b26-12-. The lowest BCUT2D eigenvalue weighted by molar-refractivity contribution is -0.384. The maximum Gasteiger partial charge on any atom is 0.271 e. The number of hydrazone groups is 1. The van der Waals surface area contributed by atoms with Crippen LogP contribution in [0.25, 0.3) is 10.9 Å². The van der Waals surface area contributed by atoms with Gasteiger partial charge in [0.2, 0.25) is 0 Å². The number of carbonyl (C=O) groups excluding carboxylic acids is 1. The van der Waals surface area contributed by atoms with Gasteiger partial charge in [0.15, 0.2) is 0 Å². The molecule has 0 fully saturated rings. The maximum atomic E-state index is 12.3. The molecule has 0 radical (unpaired) electrons. The molecule has 32 heavy (non-hydrogen) atoms. The number of hydrogen-bond acceptors (Lipinski definition) is 4. The molecule has 0 aliphatic carbocycles. The van der Waals surface area contributed by atoms with Crippen molar-refractivity contribution in [3.63, 3.8) is 0 Å². The van der Waals surface area contributed by atoms with E-state index in [2.05, 4.69) is 15.1 Å². The van der Waals surface area contributed by atoms with Gasteiger partial charge in [0.05, 0.1) is 21.2 Å². The highest BCUT2D eigenvalue weighted by molar-refractivity contribution is 6.42. The van der Waals surface area contributed by atoms with E-state index in [4.69, 9.17) is 23.2 Å². The van der Waals surface area contributed by atoms with Crippen LogP contribution >= 0.6 is 23.2 Å². The largest absolute Gasteiger partial charge is 0.342 e. The molecular weight excluding hydrogens is 451 g/mol. The Balaban J connectivity index is 1.54. The SMILES string of the molecule is O=C(N/N=C\c1cn(Cc2ccc(Cl)c(Cl)c2)c2ccccc12)c1ccc([N+](=O)[O-])cc1. The maximum absolute atomic E-state index is 12.3. The zero-order valence-electron chi connectivity index (χ0n) is 16.5. The fourth-order valence-electron chi connectivity index (χ4n) is 3.30.